The smallest absolute Gasteiger partial charge is 0.277 e. The summed E-state index contributed by atoms with van der Waals surface area (Å²) in [4.78, 5) is 24.9. The van der Waals surface area contributed by atoms with Gasteiger partial charge in [-0.3, -0.25) is 23.6 Å². The summed E-state index contributed by atoms with van der Waals surface area (Å²) in [6.07, 6.45) is 6.37. The number of aryl methyl sites for hydroxylation is 3. The largest absolute Gasteiger partial charge is 0.346 e. The van der Waals surface area contributed by atoms with E-state index >= 15 is 0 Å². The standard InChI is InChI=1S/C15H17ClN8O2/c1-22-7-9(5-18-22)4-17-15(26)13-11(6-19-24(13)3)20-14(25)12-10(16)8-23(2)21-12/h5-8H,4H2,1-3H3,(H,17,26)(H,20,25). The molecular weight excluding hydrogens is 360 g/mol. The number of carbonyl (C=O) groups is 2. The summed E-state index contributed by atoms with van der Waals surface area (Å²) < 4.78 is 4.46. The van der Waals surface area contributed by atoms with Crippen molar-refractivity contribution in [2.24, 2.45) is 21.1 Å². The van der Waals surface area contributed by atoms with E-state index in [1.54, 1.807) is 38.2 Å². The molecule has 2 N–H and O–H groups in total. The molecule has 3 heterocycles. The number of amides is 2. The zero-order valence-corrected chi connectivity index (χ0v) is 15.2. The molecule has 0 bridgehead atoms. The summed E-state index contributed by atoms with van der Waals surface area (Å²) in [6.45, 7) is 0.303. The lowest BCUT2D eigenvalue weighted by atomic mass is 10.3. The van der Waals surface area contributed by atoms with Crippen molar-refractivity contribution in [2.45, 2.75) is 6.54 Å². The molecule has 0 atom stereocenters. The van der Waals surface area contributed by atoms with Gasteiger partial charge in [-0.15, -0.1) is 0 Å². The molecule has 3 aromatic heterocycles. The summed E-state index contributed by atoms with van der Waals surface area (Å²) in [5.74, 6) is -0.902. The first-order valence-corrected chi connectivity index (χ1v) is 8.01. The van der Waals surface area contributed by atoms with Gasteiger partial charge in [0, 0.05) is 45.6 Å². The van der Waals surface area contributed by atoms with Crippen molar-refractivity contribution in [1.82, 2.24) is 34.7 Å². The molecule has 0 fully saturated rings. The molecule has 136 valence electrons. The highest BCUT2D eigenvalue weighted by Crippen LogP contribution is 2.18. The number of halogens is 1. The second kappa shape index (κ2) is 7.00. The molecule has 0 aliphatic carbocycles. The van der Waals surface area contributed by atoms with Crippen LogP contribution in [0.2, 0.25) is 5.02 Å². The highest BCUT2D eigenvalue weighted by molar-refractivity contribution is 6.34. The van der Waals surface area contributed by atoms with Crippen LogP contribution < -0.4 is 10.6 Å². The third kappa shape index (κ3) is 3.59. The van der Waals surface area contributed by atoms with E-state index in [4.69, 9.17) is 11.6 Å². The van der Waals surface area contributed by atoms with Gasteiger partial charge < -0.3 is 10.6 Å². The minimum absolute atomic E-state index is 0.0692. The van der Waals surface area contributed by atoms with E-state index in [0.717, 1.165) is 5.56 Å². The van der Waals surface area contributed by atoms with E-state index in [0.29, 0.717) is 6.54 Å². The lowest BCUT2D eigenvalue weighted by molar-refractivity contribution is 0.0942. The fraction of sp³-hybridized carbons (Fsp3) is 0.267. The molecule has 11 heteroatoms. The predicted octanol–water partition coefficient (Wildman–Crippen LogP) is 0.723. The average Bonchev–Trinajstić information content (AvgIpc) is 3.25. The maximum atomic E-state index is 12.5. The SMILES string of the molecule is Cn1cc(CNC(=O)c2c(NC(=O)c3nn(C)cc3Cl)cnn2C)cn1. The van der Waals surface area contributed by atoms with Crippen molar-refractivity contribution in [3.63, 3.8) is 0 Å². The molecule has 0 aliphatic heterocycles. The molecule has 0 aromatic carbocycles. The molecule has 0 aliphatic rings. The number of carbonyl (C=O) groups excluding carboxylic acids is 2. The van der Waals surface area contributed by atoms with Gasteiger partial charge in [0.25, 0.3) is 11.8 Å². The van der Waals surface area contributed by atoms with Crippen LogP contribution in [0.15, 0.2) is 24.8 Å². The molecule has 26 heavy (non-hydrogen) atoms. The molecule has 3 aromatic rings. The van der Waals surface area contributed by atoms with Gasteiger partial charge in [-0.2, -0.15) is 15.3 Å². The molecule has 2 amide bonds. The number of rotatable bonds is 5. The van der Waals surface area contributed by atoms with E-state index in [2.05, 4.69) is 25.9 Å². The first-order valence-electron chi connectivity index (χ1n) is 7.63. The van der Waals surface area contributed by atoms with Crippen molar-refractivity contribution in [1.29, 1.82) is 0 Å². The topological polar surface area (TPSA) is 112 Å². The molecular formula is C15H17ClN8O2. The van der Waals surface area contributed by atoms with E-state index in [-0.39, 0.29) is 28.0 Å². The van der Waals surface area contributed by atoms with Crippen LogP contribution in [0.25, 0.3) is 0 Å². The lowest BCUT2D eigenvalue weighted by Crippen LogP contribution is -2.26. The number of nitrogens with zero attached hydrogens (tertiary/aromatic N) is 6. The van der Waals surface area contributed by atoms with E-state index in [9.17, 15) is 9.59 Å². The Bertz CT molecular complexity index is 970. The van der Waals surface area contributed by atoms with Crippen LogP contribution in [-0.2, 0) is 27.7 Å². The monoisotopic (exact) mass is 376 g/mol. The Kier molecular flexibility index (Phi) is 4.76. The predicted molar refractivity (Wildman–Crippen MR) is 93.8 cm³/mol. The van der Waals surface area contributed by atoms with Crippen LogP contribution in [0.1, 0.15) is 26.5 Å². The van der Waals surface area contributed by atoms with Gasteiger partial charge in [0.1, 0.15) is 5.69 Å². The summed E-state index contributed by atoms with van der Waals surface area (Å²) in [6, 6.07) is 0. The summed E-state index contributed by atoms with van der Waals surface area (Å²) in [5, 5.41) is 17.7. The van der Waals surface area contributed by atoms with E-state index in [1.165, 1.54) is 21.8 Å². The van der Waals surface area contributed by atoms with Gasteiger partial charge in [0.05, 0.1) is 23.1 Å². The summed E-state index contributed by atoms with van der Waals surface area (Å²) in [7, 11) is 5.06. The van der Waals surface area contributed by atoms with Crippen LogP contribution in [0.5, 0.6) is 0 Å². The molecule has 0 spiro atoms. The number of hydrogen-bond donors (Lipinski definition) is 2. The quantitative estimate of drug-likeness (QED) is 0.681. The molecule has 0 saturated heterocycles. The maximum Gasteiger partial charge on any atom is 0.277 e. The zero-order valence-electron chi connectivity index (χ0n) is 14.4. The van der Waals surface area contributed by atoms with Crippen molar-refractivity contribution in [3.8, 4) is 0 Å². The highest BCUT2D eigenvalue weighted by atomic mass is 35.5. The molecule has 0 radical (unpaired) electrons. The van der Waals surface area contributed by atoms with Crippen molar-refractivity contribution >= 4 is 29.1 Å². The van der Waals surface area contributed by atoms with E-state index in [1.807, 2.05) is 0 Å². The van der Waals surface area contributed by atoms with Crippen LogP contribution in [0.3, 0.4) is 0 Å². The van der Waals surface area contributed by atoms with Crippen LogP contribution >= 0.6 is 11.6 Å². The number of hydrogen-bond acceptors (Lipinski definition) is 5. The second-order valence-corrected chi connectivity index (χ2v) is 6.10. The third-order valence-corrected chi connectivity index (χ3v) is 3.89. The van der Waals surface area contributed by atoms with Crippen LogP contribution in [0.4, 0.5) is 5.69 Å². The lowest BCUT2D eigenvalue weighted by Gasteiger charge is -2.08. The molecule has 10 nitrogen and oxygen atoms in total. The zero-order chi connectivity index (χ0) is 18.8. The normalized spacial score (nSPS) is 10.8. The minimum Gasteiger partial charge on any atom is -0.346 e. The Labute approximate surface area is 153 Å². The van der Waals surface area contributed by atoms with Gasteiger partial charge in [0.2, 0.25) is 0 Å². The summed E-state index contributed by atoms with van der Waals surface area (Å²) in [5.41, 5.74) is 1.41. The third-order valence-electron chi connectivity index (χ3n) is 3.61. The Morgan fingerprint density at radius 2 is 1.85 bits per heavy atom. The highest BCUT2D eigenvalue weighted by Gasteiger charge is 2.21. The molecule has 0 unspecified atom stereocenters. The van der Waals surface area contributed by atoms with Crippen molar-refractivity contribution < 1.29 is 9.59 Å². The Morgan fingerprint density at radius 1 is 1.08 bits per heavy atom. The average molecular weight is 377 g/mol. The molecule has 3 rings (SSSR count). The first kappa shape index (κ1) is 17.7. The fourth-order valence-electron chi connectivity index (χ4n) is 2.42. The Morgan fingerprint density at radius 3 is 2.46 bits per heavy atom. The Balaban J connectivity index is 1.74. The summed E-state index contributed by atoms with van der Waals surface area (Å²) >= 11 is 5.98. The molecule has 0 saturated carbocycles. The van der Waals surface area contributed by atoms with Gasteiger partial charge in [-0.05, 0) is 0 Å². The van der Waals surface area contributed by atoms with E-state index < -0.39 is 5.91 Å². The van der Waals surface area contributed by atoms with Crippen LogP contribution in [0, 0.1) is 0 Å². The van der Waals surface area contributed by atoms with Gasteiger partial charge in [0.15, 0.2) is 5.69 Å². The number of anilines is 1. The van der Waals surface area contributed by atoms with Crippen molar-refractivity contribution in [3.05, 3.63) is 46.8 Å². The maximum absolute atomic E-state index is 12.5. The first-order chi connectivity index (χ1) is 12.3. The minimum atomic E-state index is -0.523. The van der Waals surface area contributed by atoms with Gasteiger partial charge in [-0.25, -0.2) is 0 Å². The van der Waals surface area contributed by atoms with Crippen LogP contribution in [-0.4, -0.2) is 41.2 Å². The second-order valence-electron chi connectivity index (χ2n) is 5.69. The van der Waals surface area contributed by atoms with Gasteiger partial charge in [-0.1, -0.05) is 11.6 Å². The Hall–Kier alpha value is -3.14. The fourth-order valence-corrected chi connectivity index (χ4v) is 2.69. The van der Waals surface area contributed by atoms with Crippen molar-refractivity contribution in [2.75, 3.05) is 5.32 Å². The van der Waals surface area contributed by atoms with Gasteiger partial charge >= 0.3 is 0 Å². The number of nitrogens with one attached hydrogen (secondary N) is 2. The number of aromatic nitrogens is 6.